The van der Waals surface area contributed by atoms with Crippen molar-refractivity contribution in [2.45, 2.75) is 13.0 Å². The van der Waals surface area contributed by atoms with Gasteiger partial charge in [0.25, 0.3) is 0 Å². The molecule has 0 bridgehead atoms. The monoisotopic (exact) mass is 281 g/mol. The first-order valence-electron chi connectivity index (χ1n) is 6.53. The van der Waals surface area contributed by atoms with E-state index in [-0.39, 0.29) is 6.61 Å². The van der Waals surface area contributed by atoms with Crippen LogP contribution in [-0.4, -0.2) is 22.6 Å². The van der Waals surface area contributed by atoms with E-state index in [0.717, 1.165) is 11.1 Å². The van der Waals surface area contributed by atoms with Crippen LogP contribution >= 0.6 is 0 Å². The second-order valence-electron chi connectivity index (χ2n) is 4.17. The van der Waals surface area contributed by atoms with Gasteiger partial charge >= 0.3 is 6.09 Å². The highest BCUT2D eigenvalue weighted by atomic mass is 16.5. The van der Waals surface area contributed by atoms with Crippen LogP contribution in [-0.2, 0) is 11.3 Å². The molecule has 0 saturated carbocycles. The van der Waals surface area contributed by atoms with E-state index in [1.165, 1.54) is 6.33 Å². The van der Waals surface area contributed by atoms with Gasteiger partial charge in [0.2, 0.25) is 0 Å². The molecule has 0 aliphatic heterocycles. The Bertz CT molecular complexity index is 618. The highest BCUT2D eigenvalue weighted by molar-refractivity contribution is 5.67. The number of ether oxygens (including phenoxy) is 1. The van der Waals surface area contributed by atoms with E-state index in [9.17, 15) is 4.79 Å². The summed E-state index contributed by atoms with van der Waals surface area (Å²) in [4.78, 5) is 19.2. The van der Waals surface area contributed by atoms with Crippen LogP contribution in [0, 0.1) is 11.8 Å². The van der Waals surface area contributed by atoms with Crippen LogP contribution < -0.4 is 5.32 Å². The van der Waals surface area contributed by atoms with Crippen LogP contribution in [0.5, 0.6) is 0 Å². The number of nitrogens with zero attached hydrogens (tertiary/aromatic N) is 2. The van der Waals surface area contributed by atoms with E-state index in [4.69, 9.17) is 4.74 Å². The van der Waals surface area contributed by atoms with E-state index in [2.05, 4.69) is 27.1 Å². The minimum absolute atomic E-state index is 0.264. The summed E-state index contributed by atoms with van der Waals surface area (Å²) in [5.41, 5.74) is 1.71. The summed E-state index contributed by atoms with van der Waals surface area (Å²) >= 11 is 0. The fourth-order valence-electron chi connectivity index (χ4n) is 1.53. The van der Waals surface area contributed by atoms with Gasteiger partial charge in [-0.1, -0.05) is 42.2 Å². The molecule has 5 nitrogen and oxygen atoms in total. The fourth-order valence-corrected chi connectivity index (χ4v) is 1.53. The molecular weight excluding hydrogens is 266 g/mol. The van der Waals surface area contributed by atoms with Crippen molar-refractivity contribution in [2.24, 2.45) is 0 Å². The number of carbonyl (C=O) groups is 1. The number of carbonyl (C=O) groups excluding carboxylic acids is 1. The standard InChI is InChI=1S/C16H15N3O2/c20-16(21-12-14-6-2-1-3-7-14)19-9-5-4-8-15-10-17-13-18-11-15/h1-3,6-7,10-11,13H,5,9,12H2,(H,19,20). The lowest BCUT2D eigenvalue weighted by atomic mass is 10.2. The summed E-state index contributed by atoms with van der Waals surface area (Å²) < 4.78 is 5.07. The van der Waals surface area contributed by atoms with Crippen molar-refractivity contribution in [3.8, 4) is 11.8 Å². The van der Waals surface area contributed by atoms with Gasteiger partial charge in [-0.15, -0.1) is 0 Å². The molecule has 1 amide bonds. The van der Waals surface area contributed by atoms with E-state index in [0.29, 0.717) is 13.0 Å². The largest absolute Gasteiger partial charge is 0.445 e. The molecular formula is C16H15N3O2. The Labute approximate surface area is 123 Å². The maximum absolute atomic E-state index is 11.4. The maximum atomic E-state index is 11.4. The quantitative estimate of drug-likeness (QED) is 0.689. The molecule has 2 rings (SSSR count). The highest BCUT2D eigenvalue weighted by Crippen LogP contribution is 2.00. The van der Waals surface area contributed by atoms with Gasteiger partial charge in [0, 0.05) is 25.4 Å². The number of benzene rings is 1. The number of hydrogen-bond donors (Lipinski definition) is 1. The maximum Gasteiger partial charge on any atom is 0.407 e. The Balaban J connectivity index is 1.63. The van der Waals surface area contributed by atoms with Crippen molar-refractivity contribution in [3.63, 3.8) is 0 Å². The molecule has 1 N–H and O–H groups in total. The van der Waals surface area contributed by atoms with Gasteiger partial charge in [0.05, 0.1) is 5.56 Å². The summed E-state index contributed by atoms with van der Waals surface area (Å²) in [6, 6.07) is 9.53. The first kappa shape index (κ1) is 14.5. The molecule has 0 atom stereocenters. The molecule has 5 heteroatoms. The van der Waals surface area contributed by atoms with E-state index in [1.54, 1.807) is 12.4 Å². The summed E-state index contributed by atoms with van der Waals surface area (Å²) in [5.74, 6) is 5.84. The second kappa shape index (κ2) is 8.33. The molecule has 1 aromatic heterocycles. The minimum atomic E-state index is -0.441. The van der Waals surface area contributed by atoms with Crippen molar-refractivity contribution in [2.75, 3.05) is 6.54 Å². The van der Waals surface area contributed by atoms with Gasteiger partial charge in [0.1, 0.15) is 12.9 Å². The Morgan fingerprint density at radius 2 is 1.95 bits per heavy atom. The van der Waals surface area contributed by atoms with Gasteiger partial charge in [-0.25, -0.2) is 14.8 Å². The molecule has 0 saturated heterocycles. The Hall–Kier alpha value is -2.87. The van der Waals surface area contributed by atoms with Crippen molar-refractivity contribution in [1.29, 1.82) is 0 Å². The van der Waals surface area contributed by atoms with Crippen LogP contribution in [0.1, 0.15) is 17.5 Å². The number of amides is 1. The number of alkyl carbamates (subject to hydrolysis) is 1. The van der Waals surface area contributed by atoms with Crippen molar-refractivity contribution >= 4 is 6.09 Å². The Kier molecular flexibility index (Phi) is 5.77. The third-order valence-corrected chi connectivity index (χ3v) is 2.53. The molecule has 0 spiro atoms. The first-order chi connectivity index (χ1) is 10.3. The zero-order chi connectivity index (χ0) is 14.8. The second-order valence-corrected chi connectivity index (χ2v) is 4.17. The Morgan fingerprint density at radius 3 is 2.71 bits per heavy atom. The van der Waals surface area contributed by atoms with E-state index >= 15 is 0 Å². The summed E-state index contributed by atoms with van der Waals surface area (Å²) in [6.45, 7) is 0.702. The molecule has 0 aliphatic carbocycles. The lowest BCUT2D eigenvalue weighted by Crippen LogP contribution is -2.24. The predicted octanol–water partition coefficient (Wildman–Crippen LogP) is 2.14. The minimum Gasteiger partial charge on any atom is -0.445 e. The molecule has 0 fully saturated rings. The molecule has 0 unspecified atom stereocenters. The topological polar surface area (TPSA) is 64.1 Å². The number of nitrogens with one attached hydrogen (secondary N) is 1. The van der Waals surface area contributed by atoms with E-state index in [1.807, 2.05) is 30.3 Å². The summed E-state index contributed by atoms with van der Waals surface area (Å²) in [6.07, 6.45) is 4.83. The Morgan fingerprint density at radius 1 is 1.19 bits per heavy atom. The van der Waals surface area contributed by atoms with Crippen molar-refractivity contribution < 1.29 is 9.53 Å². The highest BCUT2D eigenvalue weighted by Gasteiger charge is 2.00. The van der Waals surface area contributed by atoms with Gasteiger partial charge in [-0.3, -0.25) is 0 Å². The first-order valence-corrected chi connectivity index (χ1v) is 6.53. The third kappa shape index (κ3) is 5.74. The van der Waals surface area contributed by atoms with Gasteiger partial charge in [-0.2, -0.15) is 0 Å². The number of hydrogen-bond acceptors (Lipinski definition) is 4. The van der Waals surface area contributed by atoms with Crippen molar-refractivity contribution in [3.05, 3.63) is 60.2 Å². The zero-order valence-electron chi connectivity index (χ0n) is 11.5. The van der Waals surface area contributed by atoms with E-state index < -0.39 is 6.09 Å². The van der Waals surface area contributed by atoms with Crippen LogP contribution in [0.3, 0.4) is 0 Å². The van der Waals surface area contributed by atoms with Gasteiger partial charge in [0.15, 0.2) is 0 Å². The van der Waals surface area contributed by atoms with Gasteiger partial charge in [-0.05, 0) is 5.56 Å². The molecule has 1 aromatic carbocycles. The SMILES string of the molecule is O=C(NCCC#Cc1cncnc1)OCc1ccccc1. The molecule has 21 heavy (non-hydrogen) atoms. The zero-order valence-corrected chi connectivity index (χ0v) is 11.5. The van der Waals surface area contributed by atoms with Crippen LogP contribution in [0.25, 0.3) is 0 Å². The van der Waals surface area contributed by atoms with Gasteiger partial charge < -0.3 is 10.1 Å². The number of rotatable bonds is 4. The van der Waals surface area contributed by atoms with Crippen LogP contribution in [0.4, 0.5) is 4.79 Å². The average Bonchev–Trinajstić information content (AvgIpc) is 2.54. The number of aromatic nitrogens is 2. The predicted molar refractivity (Wildman–Crippen MR) is 78.2 cm³/mol. The average molecular weight is 281 g/mol. The smallest absolute Gasteiger partial charge is 0.407 e. The van der Waals surface area contributed by atoms with Crippen LogP contribution in [0.15, 0.2) is 49.1 Å². The molecule has 106 valence electrons. The normalized spacial score (nSPS) is 9.33. The fraction of sp³-hybridized carbons (Fsp3) is 0.188. The lowest BCUT2D eigenvalue weighted by molar-refractivity contribution is 0.140. The third-order valence-electron chi connectivity index (χ3n) is 2.53. The van der Waals surface area contributed by atoms with Crippen molar-refractivity contribution in [1.82, 2.24) is 15.3 Å². The molecule has 0 radical (unpaired) electrons. The van der Waals surface area contributed by atoms with Crippen LogP contribution in [0.2, 0.25) is 0 Å². The molecule has 2 aromatic rings. The summed E-state index contributed by atoms with van der Waals surface area (Å²) in [7, 11) is 0. The molecule has 1 heterocycles. The summed E-state index contributed by atoms with van der Waals surface area (Å²) in [5, 5.41) is 2.64. The lowest BCUT2D eigenvalue weighted by Gasteiger charge is -2.05. The molecule has 0 aliphatic rings.